The molecule has 2 fully saturated rings. The Labute approximate surface area is 202 Å². The Morgan fingerprint density at radius 1 is 1.28 bits per heavy atom. The van der Waals surface area contributed by atoms with Crippen LogP contribution in [0.25, 0.3) is 0 Å². The van der Waals surface area contributed by atoms with Crippen LogP contribution in [0.5, 0.6) is 11.5 Å². The van der Waals surface area contributed by atoms with Crippen molar-refractivity contribution in [2.45, 2.75) is 44.2 Å². The number of ether oxygens (including phenoxy) is 2. The van der Waals surface area contributed by atoms with Crippen LogP contribution in [0.4, 0.5) is 0 Å². The van der Waals surface area contributed by atoms with Crippen molar-refractivity contribution in [3.8, 4) is 11.5 Å². The molecule has 178 valence electrons. The van der Waals surface area contributed by atoms with E-state index in [2.05, 4.69) is 26.1 Å². The predicted octanol–water partition coefficient (Wildman–Crippen LogP) is 3.04. The molecule has 32 heavy (non-hydrogen) atoms. The molecule has 2 saturated heterocycles. The molecule has 2 atom stereocenters. The number of phenolic OH excluding ortho intramolecular Hbond substituents is 1. The highest BCUT2D eigenvalue weighted by Gasteiger charge is 2.32. The lowest BCUT2D eigenvalue weighted by Crippen LogP contribution is -2.55. The van der Waals surface area contributed by atoms with Gasteiger partial charge in [-0.25, -0.2) is 0 Å². The molecule has 0 spiro atoms. The first-order valence-electron chi connectivity index (χ1n) is 10.9. The zero-order valence-electron chi connectivity index (χ0n) is 18.5. The average Bonchev–Trinajstić information content (AvgIpc) is 3.31. The van der Waals surface area contributed by atoms with Gasteiger partial charge in [0.15, 0.2) is 5.75 Å². The van der Waals surface area contributed by atoms with Crippen molar-refractivity contribution in [2.24, 2.45) is 0 Å². The number of methoxy groups -OCH3 is 2. The van der Waals surface area contributed by atoms with E-state index < -0.39 is 5.91 Å². The molecule has 0 radical (unpaired) electrons. The van der Waals surface area contributed by atoms with E-state index in [-0.39, 0.29) is 40.1 Å². The minimum absolute atomic E-state index is 0.00965. The average molecular weight is 533 g/mol. The number of rotatable bonds is 8. The molecule has 2 aliphatic heterocycles. The number of likely N-dealkylation sites (tertiary alicyclic amines) is 2. The molecule has 2 unspecified atom stereocenters. The summed E-state index contributed by atoms with van der Waals surface area (Å²) >= 11 is 9.39. The lowest BCUT2D eigenvalue weighted by molar-refractivity contribution is -0.130. The number of phenols is 1. The molecule has 1 aromatic rings. The van der Waals surface area contributed by atoms with Gasteiger partial charge >= 0.3 is 0 Å². The third-order valence-corrected chi connectivity index (χ3v) is 7.06. The summed E-state index contributed by atoms with van der Waals surface area (Å²) in [6, 6.07) is 1.26. The number of halogens is 2. The maximum absolute atomic E-state index is 13.0. The van der Waals surface area contributed by atoms with E-state index >= 15 is 0 Å². The van der Waals surface area contributed by atoms with Crippen LogP contribution in [0.3, 0.4) is 0 Å². The molecule has 0 saturated carbocycles. The normalized spacial score (nSPS) is 21.6. The van der Waals surface area contributed by atoms with Gasteiger partial charge in [-0.1, -0.05) is 11.6 Å². The first kappa shape index (κ1) is 25.1. The standard InChI is InChI=1S/C22H31BrClN3O5/c1-31-17-13-26(8-5-6-18(28)27-9-3-4-10-27)11-7-16(17)25-22(30)19-20(29)14(23)12-15(24)21(19)32-2/h12,16-17,29H,3-11,13H2,1-2H3,(H,25,30). The number of benzene rings is 1. The number of nitrogens with zero attached hydrogens (tertiary/aromatic N) is 2. The fourth-order valence-electron chi connectivity index (χ4n) is 4.41. The molecule has 0 bridgehead atoms. The Bertz CT molecular complexity index is 834. The minimum atomic E-state index is -0.473. The zero-order chi connectivity index (χ0) is 23.3. The number of hydrogen-bond acceptors (Lipinski definition) is 6. The molecule has 0 aliphatic carbocycles. The maximum atomic E-state index is 13.0. The topological polar surface area (TPSA) is 91.3 Å². The lowest BCUT2D eigenvalue weighted by atomic mass is 10.00. The lowest BCUT2D eigenvalue weighted by Gasteiger charge is -2.38. The summed E-state index contributed by atoms with van der Waals surface area (Å²) in [5.41, 5.74) is -0.00965. The Morgan fingerprint density at radius 3 is 2.66 bits per heavy atom. The highest BCUT2D eigenvalue weighted by Crippen LogP contribution is 2.40. The number of aromatic hydroxyl groups is 1. The van der Waals surface area contributed by atoms with Crippen LogP contribution >= 0.6 is 27.5 Å². The van der Waals surface area contributed by atoms with Crippen LogP contribution in [0, 0.1) is 0 Å². The molecule has 2 aliphatic rings. The van der Waals surface area contributed by atoms with Gasteiger partial charge in [-0.05, 0) is 54.2 Å². The summed E-state index contributed by atoms with van der Waals surface area (Å²) in [5, 5.41) is 13.6. The van der Waals surface area contributed by atoms with Gasteiger partial charge in [0, 0.05) is 39.7 Å². The van der Waals surface area contributed by atoms with Crippen LogP contribution in [0.15, 0.2) is 10.5 Å². The van der Waals surface area contributed by atoms with Crippen molar-refractivity contribution in [3.63, 3.8) is 0 Å². The predicted molar refractivity (Wildman–Crippen MR) is 126 cm³/mol. The Balaban J connectivity index is 1.55. The maximum Gasteiger partial charge on any atom is 0.259 e. The monoisotopic (exact) mass is 531 g/mol. The van der Waals surface area contributed by atoms with E-state index in [4.69, 9.17) is 21.1 Å². The van der Waals surface area contributed by atoms with Crippen LogP contribution < -0.4 is 10.1 Å². The number of piperidine rings is 1. The van der Waals surface area contributed by atoms with Gasteiger partial charge in [-0.3, -0.25) is 9.59 Å². The first-order chi connectivity index (χ1) is 15.3. The molecule has 2 N–H and O–H groups in total. The molecule has 2 amide bonds. The largest absolute Gasteiger partial charge is 0.506 e. The molecule has 10 heteroatoms. The molecular weight excluding hydrogens is 502 g/mol. The molecule has 2 heterocycles. The Kier molecular flexibility index (Phi) is 9.04. The van der Waals surface area contributed by atoms with Gasteiger partial charge in [-0.2, -0.15) is 0 Å². The van der Waals surface area contributed by atoms with E-state index in [0.29, 0.717) is 23.9 Å². The highest BCUT2D eigenvalue weighted by molar-refractivity contribution is 9.10. The van der Waals surface area contributed by atoms with Gasteiger partial charge in [0.1, 0.15) is 11.3 Å². The molecular formula is C22H31BrClN3O5. The molecule has 8 nitrogen and oxygen atoms in total. The summed E-state index contributed by atoms with van der Waals surface area (Å²) in [7, 11) is 3.02. The second-order valence-corrected chi connectivity index (χ2v) is 9.49. The Morgan fingerprint density at radius 2 is 2.00 bits per heavy atom. The van der Waals surface area contributed by atoms with Gasteiger partial charge in [0.25, 0.3) is 5.91 Å². The van der Waals surface area contributed by atoms with Crippen LogP contribution in [0.2, 0.25) is 5.02 Å². The number of carbonyl (C=O) groups is 2. The van der Waals surface area contributed by atoms with E-state index in [0.717, 1.165) is 45.4 Å². The van der Waals surface area contributed by atoms with Crippen molar-refractivity contribution >= 4 is 39.3 Å². The van der Waals surface area contributed by atoms with Crippen molar-refractivity contribution in [1.82, 2.24) is 15.1 Å². The van der Waals surface area contributed by atoms with Gasteiger partial charge in [0.05, 0.1) is 28.8 Å². The highest BCUT2D eigenvalue weighted by atomic mass is 79.9. The third kappa shape index (κ3) is 5.87. The van der Waals surface area contributed by atoms with E-state index in [1.54, 1.807) is 7.11 Å². The second-order valence-electron chi connectivity index (χ2n) is 8.23. The van der Waals surface area contributed by atoms with Crippen LogP contribution in [-0.2, 0) is 9.53 Å². The van der Waals surface area contributed by atoms with E-state index in [9.17, 15) is 14.7 Å². The SMILES string of the molecule is COc1c(Cl)cc(Br)c(O)c1C(=O)NC1CCN(CCCC(=O)N2CCCC2)CC1OC. The molecule has 1 aromatic carbocycles. The van der Waals surface area contributed by atoms with Crippen LogP contribution in [0.1, 0.15) is 42.5 Å². The third-order valence-electron chi connectivity index (χ3n) is 6.18. The number of nitrogens with one attached hydrogen (secondary N) is 1. The number of amides is 2. The van der Waals surface area contributed by atoms with E-state index in [1.807, 2.05) is 4.90 Å². The number of carbonyl (C=O) groups excluding carboxylic acids is 2. The fraction of sp³-hybridized carbons (Fsp3) is 0.636. The second kappa shape index (κ2) is 11.5. The molecule has 3 rings (SSSR count). The van der Waals surface area contributed by atoms with Crippen LogP contribution in [-0.4, -0.2) is 85.8 Å². The van der Waals surface area contributed by atoms with Crippen molar-refractivity contribution < 1.29 is 24.2 Å². The fourth-order valence-corrected chi connectivity index (χ4v) is 5.25. The zero-order valence-corrected chi connectivity index (χ0v) is 20.9. The van der Waals surface area contributed by atoms with Gasteiger partial charge in [0.2, 0.25) is 5.91 Å². The smallest absolute Gasteiger partial charge is 0.259 e. The van der Waals surface area contributed by atoms with Gasteiger partial charge in [-0.15, -0.1) is 0 Å². The summed E-state index contributed by atoms with van der Waals surface area (Å²) in [5.74, 6) is -0.328. The summed E-state index contributed by atoms with van der Waals surface area (Å²) in [6.07, 6.45) is 4.07. The van der Waals surface area contributed by atoms with Crippen molar-refractivity contribution in [2.75, 3.05) is 46.9 Å². The van der Waals surface area contributed by atoms with Gasteiger partial charge < -0.3 is 29.7 Å². The Hall–Kier alpha value is -1.55. The van der Waals surface area contributed by atoms with Crippen molar-refractivity contribution in [3.05, 3.63) is 21.1 Å². The molecule has 0 aromatic heterocycles. The quantitative estimate of drug-likeness (QED) is 0.535. The first-order valence-corrected chi connectivity index (χ1v) is 12.1. The summed E-state index contributed by atoms with van der Waals surface area (Å²) in [4.78, 5) is 29.4. The minimum Gasteiger partial charge on any atom is -0.506 e. The summed E-state index contributed by atoms with van der Waals surface area (Å²) in [6.45, 7) is 4.03. The van der Waals surface area contributed by atoms with E-state index in [1.165, 1.54) is 13.2 Å². The summed E-state index contributed by atoms with van der Waals surface area (Å²) < 4.78 is 11.2. The van der Waals surface area contributed by atoms with Crippen molar-refractivity contribution in [1.29, 1.82) is 0 Å². The number of hydrogen-bond donors (Lipinski definition) is 2.